The van der Waals surface area contributed by atoms with Crippen molar-refractivity contribution in [1.29, 1.82) is 0 Å². The van der Waals surface area contributed by atoms with E-state index in [4.69, 9.17) is 4.98 Å². The normalized spacial score (nSPS) is 19.8. The summed E-state index contributed by atoms with van der Waals surface area (Å²) < 4.78 is 1.26. The van der Waals surface area contributed by atoms with Crippen molar-refractivity contribution in [2.24, 2.45) is 11.8 Å². The van der Waals surface area contributed by atoms with Crippen LogP contribution in [-0.2, 0) is 4.79 Å². The number of fused-ring (bicyclic) bond motifs is 1. The lowest BCUT2D eigenvalue weighted by Gasteiger charge is -2.31. The molecule has 4 nitrogen and oxygen atoms in total. The van der Waals surface area contributed by atoms with Crippen molar-refractivity contribution in [2.75, 3.05) is 24.5 Å². The van der Waals surface area contributed by atoms with E-state index in [0.29, 0.717) is 5.92 Å². The second kappa shape index (κ2) is 7.95. The zero-order valence-electron chi connectivity index (χ0n) is 15.7. The second-order valence-electron chi connectivity index (χ2n) is 7.98. The molecule has 5 heteroatoms. The minimum atomic E-state index is 0.173. The highest BCUT2D eigenvalue weighted by Gasteiger charge is 2.27. The standard InChI is InChI=1S/C21H29N3OS/c1-15-7-8-18-19(13-15)26-21(23-18)24-11-9-17(10-12-24)20(25)22-14-16-5-3-2-4-6-16/h7-8,13,16-17H,2-6,9-12,14H2,1H3,(H,22,25). The Hall–Kier alpha value is -1.62. The number of amides is 1. The number of hydrogen-bond donors (Lipinski definition) is 1. The molecule has 1 aliphatic carbocycles. The van der Waals surface area contributed by atoms with Crippen LogP contribution in [0.5, 0.6) is 0 Å². The van der Waals surface area contributed by atoms with Crippen LogP contribution in [0.1, 0.15) is 50.5 Å². The maximum atomic E-state index is 12.5. The molecule has 1 saturated carbocycles. The Bertz CT molecular complexity index is 758. The molecule has 1 N–H and O–H groups in total. The van der Waals surface area contributed by atoms with E-state index in [0.717, 1.165) is 43.1 Å². The Morgan fingerprint density at radius 1 is 1.19 bits per heavy atom. The van der Waals surface area contributed by atoms with Gasteiger partial charge in [0.15, 0.2) is 5.13 Å². The van der Waals surface area contributed by atoms with Gasteiger partial charge < -0.3 is 10.2 Å². The van der Waals surface area contributed by atoms with E-state index in [2.05, 4.69) is 35.3 Å². The van der Waals surface area contributed by atoms with E-state index in [1.807, 2.05) is 0 Å². The Balaban J connectivity index is 1.29. The summed E-state index contributed by atoms with van der Waals surface area (Å²) in [4.78, 5) is 19.7. The largest absolute Gasteiger partial charge is 0.356 e. The fourth-order valence-electron chi connectivity index (χ4n) is 4.27. The summed E-state index contributed by atoms with van der Waals surface area (Å²) in [6.07, 6.45) is 8.48. The molecule has 26 heavy (non-hydrogen) atoms. The quantitative estimate of drug-likeness (QED) is 0.859. The molecule has 0 spiro atoms. The number of rotatable bonds is 4. The monoisotopic (exact) mass is 371 g/mol. The Morgan fingerprint density at radius 3 is 2.73 bits per heavy atom. The van der Waals surface area contributed by atoms with E-state index < -0.39 is 0 Å². The van der Waals surface area contributed by atoms with Crippen LogP contribution in [0, 0.1) is 18.8 Å². The predicted octanol–water partition coefficient (Wildman–Crippen LogP) is 4.52. The van der Waals surface area contributed by atoms with Crippen LogP contribution in [0.2, 0.25) is 0 Å². The first-order valence-corrected chi connectivity index (χ1v) is 10.9. The lowest BCUT2D eigenvalue weighted by molar-refractivity contribution is -0.125. The van der Waals surface area contributed by atoms with Gasteiger partial charge in [-0.25, -0.2) is 4.98 Å². The van der Waals surface area contributed by atoms with Gasteiger partial charge in [0.1, 0.15) is 0 Å². The molecule has 0 radical (unpaired) electrons. The lowest BCUT2D eigenvalue weighted by atomic mass is 9.89. The van der Waals surface area contributed by atoms with Crippen LogP contribution in [-0.4, -0.2) is 30.5 Å². The first-order valence-electron chi connectivity index (χ1n) is 10.1. The molecule has 2 fully saturated rings. The summed E-state index contributed by atoms with van der Waals surface area (Å²) in [6, 6.07) is 6.44. The number of benzene rings is 1. The number of anilines is 1. The molecule has 2 aromatic rings. The molecule has 2 heterocycles. The minimum absolute atomic E-state index is 0.173. The molecule has 140 valence electrons. The Morgan fingerprint density at radius 2 is 1.96 bits per heavy atom. The molecule has 0 unspecified atom stereocenters. The summed E-state index contributed by atoms with van der Waals surface area (Å²) in [5.74, 6) is 1.15. The topological polar surface area (TPSA) is 45.2 Å². The number of hydrogen-bond acceptors (Lipinski definition) is 4. The molecular weight excluding hydrogens is 342 g/mol. The summed E-state index contributed by atoms with van der Waals surface area (Å²) in [7, 11) is 0. The average Bonchev–Trinajstić information content (AvgIpc) is 3.10. The SMILES string of the molecule is Cc1ccc2nc(N3CCC(C(=O)NCC4CCCCC4)CC3)sc2c1. The fourth-order valence-corrected chi connectivity index (χ4v) is 5.38. The summed E-state index contributed by atoms with van der Waals surface area (Å²) in [5, 5.41) is 4.34. The van der Waals surface area contributed by atoms with Crippen LogP contribution < -0.4 is 10.2 Å². The smallest absolute Gasteiger partial charge is 0.223 e. The van der Waals surface area contributed by atoms with Gasteiger partial charge in [-0.2, -0.15) is 0 Å². The van der Waals surface area contributed by atoms with Gasteiger partial charge in [0, 0.05) is 25.6 Å². The molecule has 1 aromatic heterocycles. The van der Waals surface area contributed by atoms with Gasteiger partial charge in [0.25, 0.3) is 0 Å². The Kier molecular flexibility index (Phi) is 5.44. The van der Waals surface area contributed by atoms with E-state index in [-0.39, 0.29) is 11.8 Å². The zero-order valence-corrected chi connectivity index (χ0v) is 16.5. The van der Waals surface area contributed by atoms with Crippen LogP contribution in [0.4, 0.5) is 5.13 Å². The predicted molar refractivity (Wildman–Crippen MR) is 109 cm³/mol. The molecule has 1 aliphatic heterocycles. The average molecular weight is 372 g/mol. The summed E-state index contributed by atoms with van der Waals surface area (Å²) >= 11 is 1.77. The fraction of sp³-hybridized carbons (Fsp3) is 0.619. The van der Waals surface area contributed by atoms with Crippen molar-refractivity contribution in [2.45, 2.75) is 51.9 Å². The van der Waals surface area contributed by atoms with E-state index in [9.17, 15) is 4.79 Å². The van der Waals surface area contributed by atoms with Gasteiger partial charge in [0.05, 0.1) is 10.2 Å². The number of nitrogens with one attached hydrogen (secondary N) is 1. The van der Waals surface area contributed by atoms with E-state index in [1.54, 1.807) is 11.3 Å². The van der Waals surface area contributed by atoms with Gasteiger partial charge in [0.2, 0.25) is 5.91 Å². The van der Waals surface area contributed by atoms with Gasteiger partial charge in [-0.3, -0.25) is 4.79 Å². The number of aryl methyl sites for hydroxylation is 1. The highest BCUT2D eigenvalue weighted by atomic mass is 32.1. The molecule has 1 amide bonds. The zero-order chi connectivity index (χ0) is 17.9. The minimum Gasteiger partial charge on any atom is -0.356 e. The Labute approximate surface area is 160 Å². The van der Waals surface area contributed by atoms with Crippen molar-refractivity contribution in [3.63, 3.8) is 0 Å². The number of piperidine rings is 1. The molecule has 1 saturated heterocycles. The third kappa shape index (κ3) is 4.03. The molecular formula is C21H29N3OS. The third-order valence-corrected chi connectivity index (χ3v) is 7.04. The number of thiazole rings is 1. The van der Waals surface area contributed by atoms with E-state index in [1.165, 1.54) is 42.4 Å². The molecule has 4 rings (SSSR count). The number of aromatic nitrogens is 1. The molecule has 0 atom stereocenters. The number of carbonyl (C=O) groups is 1. The highest BCUT2D eigenvalue weighted by molar-refractivity contribution is 7.22. The molecule has 2 aliphatic rings. The number of nitrogens with zero attached hydrogens (tertiary/aromatic N) is 2. The van der Waals surface area contributed by atoms with Gasteiger partial charge in [-0.1, -0.05) is 36.7 Å². The lowest BCUT2D eigenvalue weighted by Crippen LogP contribution is -2.41. The van der Waals surface area contributed by atoms with Crippen LogP contribution in [0.3, 0.4) is 0 Å². The van der Waals surface area contributed by atoms with Crippen molar-refractivity contribution in [3.8, 4) is 0 Å². The van der Waals surface area contributed by atoms with Crippen molar-refractivity contribution in [1.82, 2.24) is 10.3 Å². The summed E-state index contributed by atoms with van der Waals surface area (Å²) in [5.41, 5.74) is 2.36. The van der Waals surface area contributed by atoms with Gasteiger partial charge in [-0.05, 0) is 56.2 Å². The summed E-state index contributed by atoms with van der Waals surface area (Å²) in [6.45, 7) is 4.87. The van der Waals surface area contributed by atoms with Crippen LogP contribution >= 0.6 is 11.3 Å². The van der Waals surface area contributed by atoms with Crippen LogP contribution in [0.25, 0.3) is 10.2 Å². The maximum absolute atomic E-state index is 12.5. The van der Waals surface area contributed by atoms with Crippen molar-refractivity contribution >= 4 is 32.6 Å². The maximum Gasteiger partial charge on any atom is 0.223 e. The van der Waals surface area contributed by atoms with Gasteiger partial charge >= 0.3 is 0 Å². The molecule has 1 aromatic carbocycles. The third-order valence-electron chi connectivity index (χ3n) is 5.96. The van der Waals surface area contributed by atoms with E-state index >= 15 is 0 Å². The molecule has 0 bridgehead atoms. The first-order chi connectivity index (χ1) is 12.7. The van der Waals surface area contributed by atoms with Crippen molar-refractivity contribution < 1.29 is 4.79 Å². The number of carbonyl (C=O) groups excluding carboxylic acids is 1. The highest BCUT2D eigenvalue weighted by Crippen LogP contribution is 2.32. The van der Waals surface area contributed by atoms with Crippen LogP contribution in [0.15, 0.2) is 18.2 Å². The second-order valence-corrected chi connectivity index (χ2v) is 8.99. The first kappa shape index (κ1) is 17.8. The van der Waals surface area contributed by atoms with Gasteiger partial charge in [-0.15, -0.1) is 0 Å². The van der Waals surface area contributed by atoms with Crippen molar-refractivity contribution in [3.05, 3.63) is 23.8 Å².